The molecule has 1 aromatic heterocycles. The third-order valence-electron chi connectivity index (χ3n) is 2.66. The maximum Gasteiger partial charge on any atom is 0.223 e. The molecule has 22 heavy (non-hydrogen) atoms. The van der Waals surface area contributed by atoms with E-state index >= 15 is 0 Å². The molecular formula is C14H19ClIN5O. The van der Waals surface area contributed by atoms with Crippen molar-refractivity contribution in [3.8, 4) is 0 Å². The molecule has 120 valence electrons. The molecule has 2 N–H and O–H groups in total. The van der Waals surface area contributed by atoms with Crippen LogP contribution < -0.4 is 10.6 Å². The number of hydrogen-bond donors (Lipinski definition) is 2. The summed E-state index contributed by atoms with van der Waals surface area (Å²) in [5, 5.41) is 10.9. The van der Waals surface area contributed by atoms with Gasteiger partial charge in [0.1, 0.15) is 0 Å². The number of nitrogens with one attached hydrogen (secondary N) is 2. The van der Waals surface area contributed by atoms with Crippen molar-refractivity contribution in [1.29, 1.82) is 0 Å². The Labute approximate surface area is 151 Å². The molecule has 0 radical (unpaired) electrons. The lowest BCUT2D eigenvalue weighted by Crippen LogP contribution is -2.37. The second-order valence-corrected chi connectivity index (χ2v) is 4.84. The van der Waals surface area contributed by atoms with Crippen LogP contribution in [0.2, 0.25) is 5.02 Å². The van der Waals surface area contributed by atoms with Crippen LogP contribution in [0.15, 0.2) is 33.8 Å². The predicted molar refractivity (Wildman–Crippen MR) is 97.6 cm³/mol. The number of hydrogen-bond acceptors (Lipinski definition) is 4. The number of aromatic nitrogens is 2. The lowest BCUT2D eigenvalue weighted by atomic mass is 10.2. The first-order chi connectivity index (χ1) is 10.2. The van der Waals surface area contributed by atoms with Crippen molar-refractivity contribution >= 4 is 41.5 Å². The van der Waals surface area contributed by atoms with E-state index in [0.717, 1.165) is 17.1 Å². The van der Waals surface area contributed by atoms with Crippen LogP contribution >= 0.6 is 35.6 Å². The fourth-order valence-corrected chi connectivity index (χ4v) is 1.80. The van der Waals surface area contributed by atoms with Crippen molar-refractivity contribution in [2.24, 2.45) is 4.99 Å². The molecule has 0 saturated heterocycles. The highest BCUT2D eigenvalue weighted by molar-refractivity contribution is 14.0. The minimum absolute atomic E-state index is 0. The van der Waals surface area contributed by atoms with Crippen molar-refractivity contribution in [3.05, 3.63) is 46.6 Å². The van der Waals surface area contributed by atoms with Crippen LogP contribution in [0.3, 0.4) is 0 Å². The van der Waals surface area contributed by atoms with Gasteiger partial charge in [0.2, 0.25) is 5.89 Å². The maximum atomic E-state index is 5.86. The van der Waals surface area contributed by atoms with E-state index in [1.165, 1.54) is 0 Å². The average Bonchev–Trinajstić information content (AvgIpc) is 2.89. The molecular weight excluding hydrogens is 417 g/mol. The average molecular weight is 436 g/mol. The van der Waals surface area contributed by atoms with E-state index in [4.69, 9.17) is 16.1 Å². The van der Waals surface area contributed by atoms with Crippen LogP contribution in [-0.2, 0) is 13.1 Å². The summed E-state index contributed by atoms with van der Waals surface area (Å²) in [5.41, 5.74) is 1.09. The molecule has 0 aliphatic heterocycles. The molecule has 0 saturated carbocycles. The fourth-order valence-electron chi connectivity index (χ4n) is 1.68. The summed E-state index contributed by atoms with van der Waals surface area (Å²) < 4.78 is 4.92. The first-order valence-electron chi connectivity index (χ1n) is 6.73. The summed E-state index contributed by atoms with van der Waals surface area (Å²) in [5.74, 6) is 1.86. The minimum Gasteiger partial charge on any atom is -0.357 e. The molecule has 0 unspecified atom stereocenters. The topological polar surface area (TPSA) is 75.3 Å². The largest absolute Gasteiger partial charge is 0.357 e. The van der Waals surface area contributed by atoms with Crippen molar-refractivity contribution in [2.45, 2.75) is 26.9 Å². The third-order valence-corrected chi connectivity index (χ3v) is 2.91. The number of benzene rings is 1. The van der Waals surface area contributed by atoms with Gasteiger partial charge in [-0.05, 0) is 24.6 Å². The standard InChI is InChI=1S/C14H18ClN5O.HI/c1-3-16-14(18-9-13-19-10(2)21-20-13)17-8-11-4-6-12(15)7-5-11;/h4-7H,3,8-9H2,1-2H3,(H2,16,17,18);1H. The summed E-state index contributed by atoms with van der Waals surface area (Å²) in [6.07, 6.45) is 0. The van der Waals surface area contributed by atoms with Crippen LogP contribution in [0, 0.1) is 6.92 Å². The fraction of sp³-hybridized carbons (Fsp3) is 0.357. The van der Waals surface area contributed by atoms with Crippen LogP contribution in [0.1, 0.15) is 24.2 Å². The Balaban J connectivity index is 0.00000242. The number of nitrogens with zero attached hydrogens (tertiary/aromatic N) is 3. The Bertz CT molecular complexity index is 600. The van der Waals surface area contributed by atoms with Crippen LogP contribution in [0.5, 0.6) is 0 Å². The van der Waals surface area contributed by atoms with Gasteiger partial charge in [0.05, 0.1) is 13.1 Å². The first-order valence-corrected chi connectivity index (χ1v) is 7.11. The summed E-state index contributed by atoms with van der Waals surface area (Å²) >= 11 is 5.86. The normalized spacial score (nSPS) is 11.0. The quantitative estimate of drug-likeness (QED) is 0.429. The zero-order valence-electron chi connectivity index (χ0n) is 12.5. The highest BCUT2D eigenvalue weighted by Gasteiger charge is 2.03. The third kappa shape index (κ3) is 6.18. The first kappa shape index (κ1) is 18.7. The summed E-state index contributed by atoms with van der Waals surface area (Å²) in [6, 6.07) is 7.62. The minimum atomic E-state index is 0. The number of guanidine groups is 1. The highest BCUT2D eigenvalue weighted by Crippen LogP contribution is 2.10. The second kappa shape index (κ2) is 9.62. The van der Waals surface area contributed by atoms with E-state index in [2.05, 4.69) is 25.8 Å². The van der Waals surface area contributed by atoms with Crippen molar-refractivity contribution in [2.75, 3.05) is 6.54 Å². The Kier molecular flexibility index (Phi) is 8.18. The lowest BCUT2D eigenvalue weighted by molar-refractivity contribution is 0.387. The molecule has 2 rings (SSSR count). The molecule has 0 fully saturated rings. The molecule has 1 aromatic carbocycles. The van der Waals surface area contributed by atoms with Gasteiger partial charge in [-0.25, -0.2) is 4.99 Å². The van der Waals surface area contributed by atoms with Crippen molar-refractivity contribution in [1.82, 2.24) is 20.8 Å². The Morgan fingerprint density at radius 3 is 2.59 bits per heavy atom. The van der Waals surface area contributed by atoms with E-state index < -0.39 is 0 Å². The summed E-state index contributed by atoms with van der Waals surface area (Å²) in [7, 11) is 0. The van der Waals surface area contributed by atoms with E-state index in [1.54, 1.807) is 6.92 Å². The van der Waals surface area contributed by atoms with Gasteiger partial charge in [0.15, 0.2) is 11.8 Å². The van der Waals surface area contributed by atoms with E-state index in [9.17, 15) is 0 Å². The molecule has 0 atom stereocenters. The summed E-state index contributed by atoms with van der Waals surface area (Å²) in [6.45, 7) is 5.58. The predicted octanol–water partition coefficient (Wildman–Crippen LogP) is 2.90. The van der Waals surface area contributed by atoms with Crippen molar-refractivity contribution in [3.63, 3.8) is 0 Å². The van der Waals surface area contributed by atoms with Crippen molar-refractivity contribution < 1.29 is 4.52 Å². The van der Waals surface area contributed by atoms with Gasteiger partial charge in [0, 0.05) is 18.5 Å². The number of halogens is 2. The Morgan fingerprint density at radius 1 is 1.27 bits per heavy atom. The smallest absolute Gasteiger partial charge is 0.223 e. The SMILES string of the molecule is CCNC(=NCc1ccc(Cl)cc1)NCc1noc(C)n1.I. The Hall–Kier alpha value is -1.35. The maximum absolute atomic E-state index is 5.86. The van der Waals surface area contributed by atoms with Gasteiger partial charge in [0.25, 0.3) is 0 Å². The lowest BCUT2D eigenvalue weighted by Gasteiger charge is -2.09. The van der Waals surface area contributed by atoms with Gasteiger partial charge >= 0.3 is 0 Å². The van der Waals surface area contributed by atoms with Crippen LogP contribution in [0.25, 0.3) is 0 Å². The molecule has 8 heteroatoms. The van der Waals surface area contributed by atoms with Gasteiger partial charge in [-0.2, -0.15) is 4.98 Å². The van der Waals surface area contributed by atoms with Crippen LogP contribution in [0.4, 0.5) is 0 Å². The number of rotatable bonds is 5. The molecule has 0 aliphatic rings. The van der Waals surface area contributed by atoms with Gasteiger partial charge in [-0.3, -0.25) is 0 Å². The second-order valence-electron chi connectivity index (χ2n) is 4.40. The molecule has 2 aromatic rings. The molecule has 0 aliphatic carbocycles. The summed E-state index contributed by atoms with van der Waals surface area (Å²) in [4.78, 5) is 8.63. The van der Waals surface area contributed by atoms with E-state index in [1.807, 2.05) is 31.2 Å². The van der Waals surface area contributed by atoms with E-state index in [0.29, 0.717) is 30.8 Å². The number of aliphatic imine (C=N–C) groups is 1. The van der Waals surface area contributed by atoms with Gasteiger partial charge < -0.3 is 15.2 Å². The molecule has 1 heterocycles. The molecule has 0 amide bonds. The van der Waals surface area contributed by atoms with Gasteiger partial charge in [-0.1, -0.05) is 28.9 Å². The zero-order valence-corrected chi connectivity index (χ0v) is 15.6. The monoisotopic (exact) mass is 435 g/mol. The zero-order chi connectivity index (χ0) is 15.1. The van der Waals surface area contributed by atoms with Gasteiger partial charge in [-0.15, -0.1) is 24.0 Å². The van der Waals surface area contributed by atoms with Crippen LogP contribution in [-0.4, -0.2) is 22.6 Å². The number of aryl methyl sites for hydroxylation is 1. The van der Waals surface area contributed by atoms with E-state index in [-0.39, 0.29) is 24.0 Å². The molecule has 0 spiro atoms. The Morgan fingerprint density at radius 2 is 2.00 bits per heavy atom. The molecule has 6 nitrogen and oxygen atoms in total. The molecule has 0 bridgehead atoms. The highest BCUT2D eigenvalue weighted by atomic mass is 127.